The highest BCUT2D eigenvalue weighted by Gasteiger charge is 2.17. The molecule has 0 atom stereocenters. The molecule has 3 nitrogen and oxygen atoms in total. The van der Waals surface area contributed by atoms with Gasteiger partial charge in [-0.15, -0.1) is 11.3 Å². The normalized spacial score (nSPS) is 11.4. The average molecular weight is 618 g/mol. The number of hydrogen-bond acceptors (Lipinski definition) is 4. The first-order chi connectivity index (χ1) is 23.3. The molecule has 0 saturated carbocycles. The second-order valence-corrected chi connectivity index (χ2v) is 12.7. The topological polar surface area (TPSA) is 38.7 Å². The Morgan fingerprint density at radius 3 is 1.47 bits per heavy atom. The molecule has 9 rings (SSSR count). The molecular formula is C43H27N3S. The highest BCUT2D eigenvalue weighted by molar-refractivity contribution is 7.26. The van der Waals surface area contributed by atoms with Gasteiger partial charge in [-0.3, -0.25) is 0 Å². The van der Waals surface area contributed by atoms with Gasteiger partial charge in [0.25, 0.3) is 0 Å². The number of fused-ring (bicyclic) bond motifs is 5. The number of nitrogens with zero attached hydrogens (tertiary/aromatic N) is 3. The molecule has 0 aliphatic rings. The lowest BCUT2D eigenvalue weighted by molar-refractivity contribution is 1.08. The third-order valence-electron chi connectivity index (χ3n) is 8.76. The fourth-order valence-electron chi connectivity index (χ4n) is 6.38. The molecule has 47 heavy (non-hydrogen) atoms. The summed E-state index contributed by atoms with van der Waals surface area (Å²) >= 11 is 1.85. The van der Waals surface area contributed by atoms with Crippen LogP contribution < -0.4 is 0 Å². The number of benzene rings is 7. The molecule has 0 fully saturated rings. The van der Waals surface area contributed by atoms with Crippen molar-refractivity contribution in [3.8, 4) is 56.4 Å². The maximum atomic E-state index is 5.10. The number of rotatable bonds is 5. The van der Waals surface area contributed by atoms with Crippen LogP contribution in [0.25, 0.3) is 87.4 Å². The first kappa shape index (κ1) is 27.3. The largest absolute Gasteiger partial charge is 0.208 e. The van der Waals surface area contributed by atoms with Crippen molar-refractivity contribution in [2.75, 3.05) is 0 Å². The summed E-state index contributed by atoms with van der Waals surface area (Å²) in [6, 6.07) is 57.4. The third kappa shape index (κ3) is 4.96. The zero-order valence-corrected chi connectivity index (χ0v) is 26.2. The highest BCUT2D eigenvalue weighted by atomic mass is 32.1. The maximum Gasteiger partial charge on any atom is 0.164 e. The quantitative estimate of drug-likeness (QED) is 0.193. The van der Waals surface area contributed by atoms with Crippen molar-refractivity contribution in [2.24, 2.45) is 0 Å². The van der Waals surface area contributed by atoms with Crippen LogP contribution in [0.4, 0.5) is 0 Å². The Labute approximate surface area is 276 Å². The Kier molecular flexibility index (Phi) is 6.65. The predicted octanol–water partition coefficient (Wildman–Crippen LogP) is 11.7. The van der Waals surface area contributed by atoms with Crippen LogP contribution in [0.3, 0.4) is 0 Å². The molecule has 2 heterocycles. The van der Waals surface area contributed by atoms with E-state index in [1.54, 1.807) is 0 Å². The van der Waals surface area contributed by atoms with E-state index >= 15 is 0 Å². The van der Waals surface area contributed by atoms with Gasteiger partial charge < -0.3 is 0 Å². The van der Waals surface area contributed by atoms with Crippen molar-refractivity contribution in [3.63, 3.8) is 0 Å². The fraction of sp³-hybridized carbons (Fsp3) is 0. The minimum atomic E-state index is 0.654. The average Bonchev–Trinajstić information content (AvgIpc) is 3.54. The Bertz CT molecular complexity index is 2540. The first-order valence-corrected chi connectivity index (χ1v) is 16.5. The molecular weight excluding hydrogens is 591 g/mol. The van der Waals surface area contributed by atoms with E-state index in [0.29, 0.717) is 17.5 Å². The van der Waals surface area contributed by atoms with Crippen molar-refractivity contribution in [2.45, 2.75) is 0 Å². The van der Waals surface area contributed by atoms with E-state index in [2.05, 4.69) is 140 Å². The number of aromatic nitrogens is 3. The Hall–Kier alpha value is -5.97. The van der Waals surface area contributed by atoms with Gasteiger partial charge in [-0.25, -0.2) is 15.0 Å². The summed E-state index contributed by atoms with van der Waals surface area (Å²) in [4.78, 5) is 15.1. The molecule has 0 spiro atoms. The van der Waals surface area contributed by atoms with Crippen LogP contribution >= 0.6 is 11.3 Å². The number of hydrogen-bond donors (Lipinski definition) is 0. The molecule has 0 unspecified atom stereocenters. The van der Waals surface area contributed by atoms with Gasteiger partial charge in [-0.1, -0.05) is 158 Å². The summed E-state index contributed by atoms with van der Waals surface area (Å²) in [5.74, 6) is 1.98. The van der Waals surface area contributed by atoms with Crippen molar-refractivity contribution < 1.29 is 0 Å². The van der Waals surface area contributed by atoms with Crippen molar-refractivity contribution >= 4 is 42.3 Å². The van der Waals surface area contributed by atoms with E-state index in [9.17, 15) is 0 Å². The van der Waals surface area contributed by atoms with Crippen LogP contribution in [0.2, 0.25) is 0 Å². The van der Waals surface area contributed by atoms with E-state index < -0.39 is 0 Å². The molecule has 4 heteroatoms. The van der Waals surface area contributed by atoms with Gasteiger partial charge in [-0.2, -0.15) is 0 Å². The summed E-state index contributed by atoms with van der Waals surface area (Å²) in [5.41, 5.74) is 7.70. The minimum Gasteiger partial charge on any atom is -0.208 e. The molecule has 9 aromatic rings. The van der Waals surface area contributed by atoms with Crippen molar-refractivity contribution in [1.29, 1.82) is 0 Å². The molecule has 0 bridgehead atoms. The van der Waals surface area contributed by atoms with Crippen LogP contribution in [0.5, 0.6) is 0 Å². The Morgan fingerprint density at radius 1 is 0.319 bits per heavy atom. The maximum absolute atomic E-state index is 5.10. The smallest absolute Gasteiger partial charge is 0.164 e. The SMILES string of the molecule is c1ccc(-c2ccc(-c3nc(-c4ccccc4)nc(-c4cccc5c4ccc4c6ccc(-c7ccccc7)cc6sc54)n3)cc2)cc1. The van der Waals surface area contributed by atoms with Crippen LogP contribution in [-0.2, 0) is 0 Å². The van der Waals surface area contributed by atoms with Crippen LogP contribution in [0.1, 0.15) is 0 Å². The van der Waals surface area contributed by atoms with E-state index in [-0.39, 0.29) is 0 Å². The lowest BCUT2D eigenvalue weighted by atomic mass is 10.00. The zero-order valence-electron chi connectivity index (χ0n) is 25.3. The monoisotopic (exact) mass is 617 g/mol. The summed E-state index contributed by atoms with van der Waals surface area (Å²) in [6.45, 7) is 0. The summed E-state index contributed by atoms with van der Waals surface area (Å²) in [5, 5.41) is 4.89. The Morgan fingerprint density at radius 2 is 0.787 bits per heavy atom. The predicted molar refractivity (Wildman–Crippen MR) is 197 cm³/mol. The standard InChI is InChI=1S/C43H27N3S/c1-4-11-28(12-5-1)30-19-21-32(22-20-30)42-44-41(31-15-8-3-9-16-31)45-43(46-42)38-18-10-17-36-34(38)25-26-37-35-24-23-33(27-39(35)47-40(36)37)29-13-6-2-7-14-29/h1-27H. The van der Waals surface area contributed by atoms with E-state index in [1.165, 1.54) is 42.2 Å². The van der Waals surface area contributed by atoms with E-state index in [1.807, 2.05) is 35.6 Å². The molecule has 2 aromatic heterocycles. The molecule has 0 amide bonds. The van der Waals surface area contributed by atoms with E-state index in [4.69, 9.17) is 15.0 Å². The molecule has 7 aromatic carbocycles. The van der Waals surface area contributed by atoms with Crippen LogP contribution in [-0.4, -0.2) is 15.0 Å². The fourth-order valence-corrected chi connectivity index (χ4v) is 7.65. The van der Waals surface area contributed by atoms with Gasteiger partial charge in [0.1, 0.15) is 0 Å². The zero-order chi connectivity index (χ0) is 31.2. The summed E-state index contributed by atoms with van der Waals surface area (Å²) in [7, 11) is 0. The van der Waals surface area contributed by atoms with Crippen LogP contribution in [0, 0.1) is 0 Å². The van der Waals surface area contributed by atoms with Crippen LogP contribution in [0.15, 0.2) is 164 Å². The highest BCUT2D eigenvalue weighted by Crippen LogP contribution is 2.42. The number of thiophene rings is 1. The second kappa shape index (κ2) is 11.4. The van der Waals surface area contributed by atoms with Gasteiger partial charge in [-0.05, 0) is 33.7 Å². The van der Waals surface area contributed by atoms with Gasteiger partial charge in [0.05, 0.1) is 0 Å². The Balaban J connectivity index is 1.20. The molecule has 0 saturated heterocycles. The first-order valence-electron chi connectivity index (χ1n) is 15.7. The van der Waals surface area contributed by atoms with Crippen molar-refractivity contribution in [3.05, 3.63) is 164 Å². The van der Waals surface area contributed by atoms with Gasteiger partial charge in [0.15, 0.2) is 17.5 Å². The molecule has 0 aliphatic heterocycles. The second-order valence-electron chi connectivity index (χ2n) is 11.6. The van der Waals surface area contributed by atoms with Gasteiger partial charge >= 0.3 is 0 Å². The van der Waals surface area contributed by atoms with Gasteiger partial charge in [0, 0.05) is 42.2 Å². The lowest BCUT2D eigenvalue weighted by Gasteiger charge is -2.11. The molecule has 0 aliphatic carbocycles. The minimum absolute atomic E-state index is 0.654. The molecule has 0 radical (unpaired) electrons. The van der Waals surface area contributed by atoms with E-state index in [0.717, 1.165) is 27.6 Å². The summed E-state index contributed by atoms with van der Waals surface area (Å²) in [6.07, 6.45) is 0. The van der Waals surface area contributed by atoms with Crippen molar-refractivity contribution in [1.82, 2.24) is 15.0 Å². The third-order valence-corrected chi connectivity index (χ3v) is 9.96. The molecule has 220 valence electrons. The summed E-state index contributed by atoms with van der Waals surface area (Å²) < 4.78 is 2.56. The lowest BCUT2D eigenvalue weighted by Crippen LogP contribution is -2.00. The molecule has 0 N–H and O–H groups in total. The van der Waals surface area contributed by atoms with Gasteiger partial charge in [0.2, 0.25) is 0 Å².